The Labute approximate surface area is 162 Å². The van der Waals surface area contributed by atoms with E-state index in [2.05, 4.69) is 15.5 Å². The summed E-state index contributed by atoms with van der Waals surface area (Å²) in [7, 11) is 1.61. The molecule has 2 aromatic carbocycles. The van der Waals surface area contributed by atoms with Gasteiger partial charge in [-0.3, -0.25) is 4.79 Å². The van der Waals surface area contributed by atoms with E-state index in [-0.39, 0.29) is 11.8 Å². The van der Waals surface area contributed by atoms with E-state index in [1.165, 1.54) is 0 Å². The van der Waals surface area contributed by atoms with Crippen LogP contribution in [0.25, 0.3) is 11.5 Å². The maximum absolute atomic E-state index is 12.5. The molecule has 0 bridgehead atoms. The number of aromatic nitrogens is 2. The summed E-state index contributed by atoms with van der Waals surface area (Å²) >= 11 is 0. The van der Waals surface area contributed by atoms with Crippen LogP contribution in [0.3, 0.4) is 0 Å². The molecular weight excluding hydrogens is 358 g/mol. The van der Waals surface area contributed by atoms with Crippen LogP contribution in [0.1, 0.15) is 11.4 Å². The number of nitrogens with one attached hydrogen (secondary N) is 1. The molecule has 0 aliphatic carbocycles. The molecule has 144 valence electrons. The highest BCUT2D eigenvalue weighted by Crippen LogP contribution is 2.36. The fraction of sp³-hybridized carbons (Fsp3) is 0.286. The second-order valence-electron chi connectivity index (χ2n) is 6.58. The number of hydrogen-bond donors (Lipinski definition) is 1. The van der Waals surface area contributed by atoms with E-state index >= 15 is 0 Å². The molecule has 0 unspecified atom stereocenters. The molecule has 0 radical (unpaired) electrons. The molecule has 7 heteroatoms. The molecule has 1 aliphatic heterocycles. The van der Waals surface area contributed by atoms with Crippen LogP contribution in [0.5, 0.6) is 11.5 Å². The summed E-state index contributed by atoms with van der Waals surface area (Å²) in [6, 6.07) is 15.3. The lowest BCUT2D eigenvalue weighted by atomic mass is 9.95. The van der Waals surface area contributed by atoms with Gasteiger partial charge < -0.3 is 19.3 Å². The Hall–Kier alpha value is -3.35. The number of hydrogen-bond acceptors (Lipinski definition) is 6. The molecule has 2 heterocycles. The minimum absolute atomic E-state index is 0.0414. The Morgan fingerprint density at radius 3 is 2.89 bits per heavy atom. The van der Waals surface area contributed by atoms with Gasteiger partial charge in [0.05, 0.1) is 13.0 Å². The highest BCUT2D eigenvalue weighted by molar-refractivity contribution is 5.79. The number of benzene rings is 2. The van der Waals surface area contributed by atoms with Gasteiger partial charge in [-0.05, 0) is 30.2 Å². The molecule has 7 nitrogen and oxygen atoms in total. The SMILES string of the molecule is COc1cccc2c1OC[C@H](C(=O)NCCc1noc(-c3ccccc3)n1)C2. The molecule has 1 N–H and O–H groups in total. The van der Waals surface area contributed by atoms with Crippen molar-refractivity contribution < 1.29 is 18.8 Å². The van der Waals surface area contributed by atoms with Crippen LogP contribution in [0.2, 0.25) is 0 Å². The summed E-state index contributed by atoms with van der Waals surface area (Å²) in [5, 5.41) is 6.91. The third-order valence-electron chi connectivity index (χ3n) is 4.68. The first kappa shape index (κ1) is 18.0. The molecule has 1 aliphatic rings. The number of ether oxygens (including phenoxy) is 2. The van der Waals surface area contributed by atoms with Crippen molar-refractivity contribution in [1.82, 2.24) is 15.5 Å². The number of amides is 1. The number of para-hydroxylation sites is 1. The summed E-state index contributed by atoms with van der Waals surface area (Å²) in [6.45, 7) is 0.771. The number of carbonyl (C=O) groups is 1. The van der Waals surface area contributed by atoms with Crippen molar-refractivity contribution in [2.75, 3.05) is 20.3 Å². The van der Waals surface area contributed by atoms with Crippen LogP contribution < -0.4 is 14.8 Å². The van der Waals surface area contributed by atoms with Crippen molar-refractivity contribution in [2.45, 2.75) is 12.8 Å². The summed E-state index contributed by atoms with van der Waals surface area (Å²) in [5.74, 6) is 2.20. The van der Waals surface area contributed by atoms with Crippen molar-refractivity contribution in [3.63, 3.8) is 0 Å². The maximum atomic E-state index is 12.5. The Bertz CT molecular complexity index is 955. The second-order valence-corrected chi connectivity index (χ2v) is 6.58. The van der Waals surface area contributed by atoms with Gasteiger partial charge in [0.2, 0.25) is 5.91 Å². The highest BCUT2D eigenvalue weighted by Gasteiger charge is 2.27. The molecule has 4 rings (SSSR count). The lowest BCUT2D eigenvalue weighted by molar-refractivity contribution is -0.126. The lowest BCUT2D eigenvalue weighted by Gasteiger charge is -2.25. The Morgan fingerprint density at radius 2 is 2.07 bits per heavy atom. The van der Waals surface area contributed by atoms with E-state index < -0.39 is 0 Å². The van der Waals surface area contributed by atoms with Crippen LogP contribution >= 0.6 is 0 Å². The number of carbonyl (C=O) groups excluding carboxylic acids is 1. The molecule has 0 fully saturated rings. The number of nitrogens with zero attached hydrogens (tertiary/aromatic N) is 2. The Kier molecular flexibility index (Phi) is 5.23. The predicted octanol–water partition coefficient (Wildman–Crippen LogP) is 2.66. The Balaban J connectivity index is 1.30. The molecule has 3 aromatic rings. The molecule has 1 aromatic heterocycles. The number of fused-ring (bicyclic) bond motifs is 1. The highest BCUT2D eigenvalue weighted by atomic mass is 16.5. The van der Waals surface area contributed by atoms with E-state index in [1.807, 2.05) is 48.5 Å². The zero-order valence-corrected chi connectivity index (χ0v) is 15.6. The van der Waals surface area contributed by atoms with Gasteiger partial charge in [-0.2, -0.15) is 4.98 Å². The molecule has 1 amide bonds. The first-order valence-electron chi connectivity index (χ1n) is 9.19. The van der Waals surface area contributed by atoms with Crippen LogP contribution in [-0.4, -0.2) is 36.3 Å². The van der Waals surface area contributed by atoms with Gasteiger partial charge >= 0.3 is 0 Å². The second kappa shape index (κ2) is 8.12. The zero-order chi connectivity index (χ0) is 19.3. The minimum atomic E-state index is -0.232. The van der Waals surface area contributed by atoms with E-state index in [4.69, 9.17) is 14.0 Å². The zero-order valence-electron chi connectivity index (χ0n) is 15.6. The van der Waals surface area contributed by atoms with Gasteiger partial charge in [0, 0.05) is 18.5 Å². The first-order chi connectivity index (χ1) is 13.7. The van der Waals surface area contributed by atoms with Crippen LogP contribution in [0.4, 0.5) is 0 Å². The average molecular weight is 379 g/mol. The molecule has 0 saturated carbocycles. The fourth-order valence-corrected chi connectivity index (χ4v) is 3.22. The van der Waals surface area contributed by atoms with Gasteiger partial charge in [-0.25, -0.2) is 0 Å². The quantitative estimate of drug-likeness (QED) is 0.709. The van der Waals surface area contributed by atoms with Crippen molar-refractivity contribution in [2.24, 2.45) is 5.92 Å². The predicted molar refractivity (Wildman–Crippen MR) is 102 cm³/mol. The topological polar surface area (TPSA) is 86.5 Å². The Morgan fingerprint density at radius 1 is 1.21 bits per heavy atom. The normalized spacial score (nSPS) is 15.4. The van der Waals surface area contributed by atoms with Gasteiger partial charge in [0.15, 0.2) is 17.3 Å². The van der Waals surface area contributed by atoms with E-state index in [9.17, 15) is 4.79 Å². The summed E-state index contributed by atoms with van der Waals surface area (Å²) in [6.07, 6.45) is 1.12. The fourth-order valence-electron chi connectivity index (χ4n) is 3.22. The number of rotatable bonds is 6. The van der Waals surface area contributed by atoms with E-state index in [0.29, 0.717) is 43.5 Å². The average Bonchev–Trinajstić information content (AvgIpc) is 3.22. The van der Waals surface area contributed by atoms with Crippen molar-refractivity contribution in [3.05, 3.63) is 59.9 Å². The van der Waals surface area contributed by atoms with Gasteiger partial charge in [0.25, 0.3) is 5.89 Å². The first-order valence-corrected chi connectivity index (χ1v) is 9.19. The third-order valence-corrected chi connectivity index (χ3v) is 4.68. The summed E-state index contributed by atoms with van der Waals surface area (Å²) in [5.41, 5.74) is 1.86. The van der Waals surface area contributed by atoms with Gasteiger partial charge in [-0.15, -0.1) is 0 Å². The monoisotopic (exact) mass is 379 g/mol. The van der Waals surface area contributed by atoms with Gasteiger partial charge in [0.1, 0.15) is 6.61 Å². The lowest BCUT2D eigenvalue weighted by Crippen LogP contribution is -2.38. The van der Waals surface area contributed by atoms with E-state index in [1.54, 1.807) is 7.11 Å². The molecule has 28 heavy (non-hydrogen) atoms. The molecule has 0 saturated heterocycles. The van der Waals surface area contributed by atoms with Crippen LogP contribution in [0.15, 0.2) is 53.1 Å². The molecule has 1 atom stereocenters. The van der Waals surface area contributed by atoms with Gasteiger partial charge in [-0.1, -0.05) is 35.5 Å². The smallest absolute Gasteiger partial charge is 0.257 e. The number of methoxy groups -OCH3 is 1. The van der Waals surface area contributed by atoms with Crippen molar-refractivity contribution in [1.29, 1.82) is 0 Å². The summed E-state index contributed by atoms with van der Waals surface area (Å²) in [4.78, 5) is 16.9. The molecule has 0 spiro atoms. The third kappa shape index (κ3) is 3.83. The minimum Gasteiger partial charge on any atom is -0.493 e. The van der Waals surface area contributed by atoms with Crippen molar-refractivity contribution in [3.8, 4) is 23.0 Å². The molecular formula is C21H21N3O4. The van der Waals surface area contributed by atoms with Crippen molar-refractivity contribution >= 4 is 5.91 Å². The van der Waals surface area contributed by atoms with E-state index in [0.717, 1.165) is 16.9 Å². The standard InChI is InChI=1S/C21H21N3O4/c1-26-17-9-5-8-15-12-16(13-27-19(15)17)20(25)22-11-10-18-23-21(28-24-18)14-6-3-2-4-7-14/h2-9,16H,10-13H2,1H3,(H,22,25)/t16-/m1/s1. The maximum Gasteiger partial charge on any atom is 0.257 e. The largest absolute Gasteiger partial charge is 0.493 e. The summed E-state index contributed by atoms with van der Waals surface area (Å²) < 4.78 is 16.4. The van der Waals surface area contributed by atoms with Crippen LogP contribution in [0, 0.1) is 5.92 Å². The van der Waals surface area contributed by atoms with Crippen LogP contribution in [-0.2, 0) is 17.6 Å².